The number of hydrogen-bond acceptors (Lipinski definition) is 3. The Morgan fingerprint density at radius 2 is 2.12 bits per heavy atom. The van der Waals surface area contributed by atoms with Crippen LogP contribution in [0.25, 0.3) is 0 Å². The molecule has 0 aliphatic heterocycles. The average Bonchev–Trinajstić information content (AvgIpc) is 2.33. The third-order valence-corrected chi connectivity index (χ3v) is 2.45. The van der Waals surface area contributed by atoms with E-state index in [4.69, 9.17) is 21.6 Å². The summed E-state index contributed by atoms with van der Waals surface area (Å²) in [4.78, 5) is 4.04. The van der Waals surface area contributed by atoms with E-state index in [9.17, 15) is 0 Å². The maximum absolute atomic E-state index is 8.77. The molecule has 0 spiro atoms. The van der Waals surface area contributed by atoms with Gasteiger partial charge >= 0.3 is 0 Å². The Hall–Kier alpha value is -2.05. The summed E-state index contributed by atoms with van der Waals surface area (Å²) < 4.78 is 5.59. The van der Waals surface area contributed by atoms with Gasteiger partial charge in [-0.05, 0) is 36.8 Å². The molecule has 1 aromatic carbocycles. The molecule has 1 aromatic heterocycles. The Bertz CT molecular complexity index is 590. The molecule has 0 saturated heterocycles. The lowest BCUT2D eigenvalue weighted by molar-refractivity contribution is 0.459. The molecule has 0 unspecified atom stereocenters. The van der Waals surface area contributed by atoms with E-state index in [1.807, 2.05) is 19.1 Å². The van der Waals surface area contributed by atoms with E-state index in [0.717, 1.165) is 5.56 Å². The van der Waals surface area contributed by atoms with E-state index < -0.39 is 0 Å². The van der Waals surface area contributed by atoms with Gasteiger partial charge < -0.3 is 4.74 Å². The van der Waals surface area contributed by atoms with Gasteiger partial charge in [0.25, 0.3) is 0 Å². The molecule has 84 valence electrons. The third-order valence-electron chi connectivity index (χ3n) is 2.22. The lowest BCUT2D eigenvalue weighted by Crippen LogP contribution is -1.90. The number of benzene rings is 1. The van der Waals surface area contributed by atoms with Gasteiger partial charge in [-0.2, -0.15) is 5.26 Å². The van der Waals surface area contributed by atoms with Crippen molar-refractivity contribution in [2.45, 2.75) is 6.92 Å². The van der Waals surface area contributed by atoms with E-state index in [-0.39, 0.29) is 0 Å². The zero-order valence-corrected chi connectivity index (χ0v) is 9.90. The predicted molar refractivity (Wildman–Crippen MR) is 65.2 cm³/mol. The molecular weight excluding hydrogens is 236 g/mol. The second-order valence-corrected chi connectivity index (χ2v) is 3.94. The Morgan fingerprint density at radius 1 is 1.29 bits per heavy atom. The smallest absolute Gasteiger partial charge is 0.220 e. The topological polar surface area (TPSA) is 45.9 Å². The highest BCUT2D eigenvalue weighted by Gasteiger charge is 2.03. The van der Waals surface area contributed by atoms with Gasteiger partial charge in [-0.1, -0.05) is 11.6 Å². The van der Waals surface area contributed by atoms with Crippen LogP contribution in [0.2, 0.25) is 5.02 Å². The minimum atomic E-state index is 0.398. The highest BCUT2D eigenvalue weighted by atomic mass is 35.5. The van der Waals surface area contributed by atoms with Crippen molar-refractivity contribution in [3.05, 3.63) is 52.7 Å². The van der Waals surface area contributed by atoms with Crippen LogP contribution in [0.1, 0.15) is 11.1 Å². The SMILES string of the molecule is Cc1cc(Cl)ccc1Oc1cc(C#N)ccn1. The molecule has 0 N–H and O–H groups in total. The van der Waals surface area contributed by atoms with Crippen LogP contribution in [-0.4, -0.2) is 4.98 Å². The number of aryl methyl sites for hydroxylation is 1. The molecule has 17 heavy (non-hydrogen) atoms. The summed E-state index contributed by atoms with van der Waals surface area (Å²) in [6.45, 7) is 1.90. The molecule has 4 heteroatoms. The number of nitrogens with zero attached hydrogens (tertiary/aromatic N) is 2. The van der Waals surface area contributed by atoms with Gasteiger partial charge in [0.1, 0.15) is 5.75 Å². The Balaban J connectivity index is 2.28. The lowest BCUT2D eigenvalue weighted by atomic mass is 10.2. The number of nitriles is 1. The summed E-state index contributed by atoms with van der Waals surface area (Å²) in [5, 5.41) is 9.43. The summed E-state index contributed by atoms with van der Waals surface area (Å²) in [5.74, 6) is 1.08. The van der Waals surface area contributed by atoms with E-state index in [1.165, 1.54) is 0 Å². The summed E-state index contributed by atoms with van der Waals surface area (Å²) in [7, 11) is 0. The summed E-state index contributed by atoms with van der Waals surface area (Å²) >= 11 is 5.85. The second kappa shape index (κ2) is 4.86. The van der Waals surface area contributed by atoms with Crippen molar-refractivity contribution in [1.29, 1.82) is 5.26 Å². The molecule has 0 bridgehead atoms. The molecule has 2 rings (SSSR count). The monoisotopic (exact) mass is 244 g/mol. The van der Waals surface area contributed by atoms with Crippen molar-refractivity contribution in [3.8, 4) is 17.7 Å². The molecule has 0 atom stereocenters. The van der Waals surface area contributed by atoms with Crippen molar-refractivity contribution < 1.29 is 4.74 Å². The quantitative estimate of drug-likeness (QED) is 0.809. The van der Waals surface area contributed by atoms with Gasteiger partial charge in [-0.25, -0.2) is 4.98 Å². The number of ether oxygens (including phenoxy) is 1. The van der Waals surface area contributed by atoms with Gasteiger partial charge in [0.05, 0.1) is 11.6 Å². The van der Waals surface area contributed by atoms with E-state index in [1.54, 1.807) is 30.5 Å². The van der Waals surface area contributed by atoms with Crippen molar-refractivity contribution in [1.82, 2.24) is 4.98 Å². The average molecular weight is 245 g/mol. The summed E-state index contributed by atoms with van der Waals surface area (Å²) in [5.41, 5.74) is 1.43. The van der Waals surface area contributed by atoms with Crippen LogP contribution in [0, 0.1) is 18.3 Å². The number of pyridine rings is 1. The highest BCUT2D eigenvalue weighted by molar-refractivity contribution is 6.30. The molecule has 0 amide bonds. The first kappa shape index (κ1) is 11.4. The van der Waals surface area contributed by atoms with E-state index in [2.05, 4.69) is 4.98 Å². The molecule has 0 aliphatic carbocycles. The Kier molecular flexibility index (Phi) is 3.27. The minimum Gasteiger partial charge on any atom is -0.439 e. The fourth-order valence-electron chi connectivity index (χ4n) is 1.37. The zero-order valence-electron chi connectivity index (χ0n) is 9.14. The van der Waals surface area contributed by atoms with Crippen LogP contribution in [0.5, 0.6) is 11.6 Å². The minimum absolute atomic E-state index is 0.398. The second-order valence-electron chi connectivity index (χ2n) is 3.51. The largest absolute Gasteiger partial charge is 0.439 e. The van der Waals surface area contributed by atoms with Gasteiger partial charge in [0.15, 0.2) is 0 Å². The Labute approximate surface area is 104 Å². The number of halogens is 1. The number of hydrogen-bond donors (Lipinski definition) is 0. The normalized spacial score (nSPS) is 9.71. The maximum atomic E-state index is 8.77. The molecule has 2 aromatic rings. The van der Waals surface area contributed by atoms with Gasteiger partial charge in [-0.15, -0.1) is 0 Å². The summed E-state index contributed by atoms with van der Waals surface area (Å²) in [6, 6.07) is 10.6. The van der Waals surface area contributed by atoms with Gasteiger partial charge in [0, 0.05) is 17.3 Å². The highest BCUT2D eigenvalue weighted by Crippen LogP contribution is 2.26. The van der Waals surface area contributed by atoms with Gasteiger partial charge in [-0.3, -0.25) is 0 Å². The molecule has 0 fully saturated rings. The Morgan fingerprint density at radius 3 is 2.82 bits per heavy atom. The van der Waals surface area contributed by atoms with Crippen molar-refractivity contribution >= 4 is 11.6 Å². The van der Waals surface area contributed by atoms with Crippen LogP contribution in [0.3, 0.4) is 0 Å². The molecule has 0 aliphatic rings. The van der Waals surface area contributed by atoms with E-state index >= 15 is 0 Å². The summed E-state index contributed by atoms with van der Waals surface area (Å²) in [6.07, 6.45) is 1.54. The lowest BCUT2D eigenvalue weighted by Gasteiger charge is -2.07. The van der Waals surface area contributed by atoms with Crippen molar-refractivity contribution in [2.75, 3.05) is 0 Å². The van der Waals surface area contributed by atoms with E-state index in [0.29, 0.717) is 22.2 Å². The van der Waals surface area contributed by atoms with Crippen LogP contribution in [0.4, 0.5) is 0 Å². The molecular formula is C13H9ClN2O. The fourth-order valence-corrected chi connectivity index (χ4v) is 1.60. The first-order valence-corrected chi connectivity index (χ1v) is 5.37. The maximum Gasteiger partial charge on any atom is 0.220 e. The van der Waals surface area contributed by atoms with Crippen LogP contribution in [0.15, 0.2) is 36.5 Å². The fraction of sp³-hybridized carbons (Fsp3) is 0.0769. The molecule has 1 heterocycles. The number of aromatic nitrogens is 1. The molecule has 0 radical (unpaired) electrons. The standard InChI is InChI=1S/C13H9ClN2O/c1-9-6-11(14)2-3-12(9)17-13-7-10(8-15)4-5-16-13/h2-7H,1H3. The number of rotatable bonds is 2. The van der Waals surface area contributed by atoms with Crippen molar-refractivity contribution in [3.63, 3.8) is 0 Å². The third kappa shape index (κ3) is 2.74. The molecule has 3 nitrogen and oxygen atoms in total. The van der Waals surface area contributed by atoms with Crippen molar-refractivity contribution in [2.24, 2.45) is 0 Å². The first-order chi connectivity index (χ1) is 8.19. The first-order valence-electron chi connectivity index (χ1n) is 4.99. The zero-order chi connectivity index (χ0) is 12.3. The predicted octanol–water partition coefficient (Wildman–Crippen LogP) is 3.71. The van der Waals surface area contributed by atoms with Crippen LogP contribution in [-0.2, 0) is 0 Å². The van der Waals surface area contributed by atoms with Crippen LogP contribution >= 0.6 is 11.6 Å². The molecule has 0 saturated carbocycles. The van der Waals surface area contributed by atoms with Gasteiger partial charge in [0.2, 0.25) is 5.88 Å². The van der Waals surface area contributed by atoms with Crippen LogP contribution < -0.4 is 4.74 Å².